The molecule has 1 aliphatic heterocycles. The fraction of sp³-hybridized carbons (Fsp3) is 0.515. The van der Waals surface area contributed by atoms with Gasteiger partial charge >= 0.3 is 6.03 Å². The van der Waals surface area contributed by atoms with Gasteiger partial charge in [0.25, 0.3) is 0 Å². The number of aliphatic hydroxyl groups excluding tert-OH is 1. The number of rotatable bonds is 7. The lowest BCUT2D eigenvalue weighted by molar-refractivity contribution is 0.0849. The lowest BCUT2D eigenvalue weighted by Gasteiger charge is -2.29. The molecular formula is C33H45N5O3. The minimum Gasteiger partial charge on any atom is -0.490 e. The number of piperidine rings is 1. The van der Waals surface area contributed by atoms with Crippen molar-refractivity contribution in [3.05, 3.63) is 64.2 Å². The van der Waals surface area contributed by atoms with Crippen LogP contribution in [0.3, 0.4) is 0 Å². The summed E-state index contributed by atoms with van der Waals surface area (Å²) in [5.74, 6) is 0.839. The molecule has 1 aliphatic carbocycles. The summed E-state index contributed by atoms with van der Waals surface area (Å²) in [7, 11) is 1.60. The zero-order valence-electron chi connectivity index (χ0n) is 25.4. The molecule has 1 saturated heterocycles. The third-order valence-corrected chi connectivity index (χ3v) is 7.58. The first-order valence-corrected chi connectivity index (χ1v) is 14.8. The molecule has 1 fully saturated rings. The van der Waals surface area contributed by atoms with Crippen LogP contribution >= 0.6 is 0 Å². The van der Waals surface area contributed by atoms with E-state index in [1.165, 1.54) is 23.1 Å². The van der Waals surface area contributed by atoms with Gasteiger partial charge in [-0.3, -0.25) is 0 Å². The van der Waals surface area contributed by atoms with Crippen molar-refractivity contribution in [2.45, 2.75) is 85.4 Å². The number of carbonyl (C=O) groups is 1. The normalized spacial score (nSPS) is 17.7. The zero-order valence-corrected chi connectivity index (χ0v) is 25.4. The van der Waals surface area contributed by atoms with Crippen molar-refractivity contribution in [3.8, 4) is 11.8 Å². The Morgan fingerprint density at radius 1 is 1.20 bits per heavy atom. The molecule has 0 saturated carbocycles. The molecule has 220 valence electrons. The summed E-state index contributed by atoms with van der Waals surface area (Å²) in [6.45, 7) is 11.5. The number of carbonyl (C=O) groups excluding carboxylic acids is 1. The van der Waals surface area contributed by atoms with Crippen molar-refractivity contribution in [2.75, 3.05) is 20.1 Å². The summed E-state index contributed by atoms with van der Waals surface area (Å²) in [6, 6.07) is 14.4. The Bertz CT molecular complexity index is 1290. The van der Waals surface area contributed by atoms with Crippen LogP contribution in [0.1, 0.15) is 88.1 Å². The van der Waals surface area contributed by atoms with E-state index in [0.717, 1.165) is 55.6 Å². The van der Waals surface area contributed by atoms with Gasteiger partial charge in [0, 0.05) is 31.6 Å². The van der Waals surface area contributed by atoms with E-state index in [-0.39, 0.29) is 24.2 Å². The SMILES string of the molecule is CCC(C)/C(=N\N=C(/C)c1cccc2c1CCC2)c1ccc(OC(C)C)c(C#N)c1.CNC(=O)N1CCCC(O)C1. The Balaban J connectivity index is 0.000000352. The molecule has 4 rings (SSSR count). The molecule has 2 N–H and O–H groups in total. The molecule has 41 heavy (non-hydrogen) atoms. The van der Waals surface area contributed by atoms with E-state index >= 15 is 0 Å². The number of urea groups is 1. The number of aliphatic hydroxyl groups is 1. The molecule has 0 bridgehead atoms. The van der Waals surface area contributed by atoms with Crippen LogP contribution in [-0.2, 0) is 12.8 Å². The van der Waals surface area contributed by atoms with Gasteiger partial charge in [0.15, 0.2) is 0 Å². The first kappa shape index (κ1) is 31.8. The zero-order chi connectivity index (χ0) is 29.9. The van der Waals surface area contributed by atoms with Crippen LogP contribution in [0.15, 0.2) is 46.6 Å². The van der Waals surface area contributed by atoms with E-state index in [4.69, 9.17) is 4.74 Å². The molecule has 2 atom stereocenters. The van der Waals surface area contributed by atoms with E-state index in [1.54, 1.807) is 11.9 Å². The Labute approximate surface area is 245 Å². The number of benzene rings is 2. The lowest BCUT2D eigenvalue weighted by atomic mass is 9.95. The highest BCUT2D eigenvalue weighted by atomic mass is 16.5. The average molecular weight is 560 g/mol. The second-order valence-electron chi connectivity index (χ2n) is 11.1. The van der Waals surface area contributed by atoms with Crippen molar-refractivity contribution in [1.82, 2.24) is 10.2 Å². The molecule has 8 heteroatoms. The first-order chi connectivity index (χ1) is 19.7. The molecular weight excluding hydrogens is 514 g/mol. The maximum atomic E-state index is 11.0. The predicted octanol–water partition coefficient (Wildman–Crippen LogP) is 5.88. The number of fused-ring (bicyclic) bond motifs is 1. The summed E-state index contributed by atoms with van der Waals surface area (Å²) in [4.78, 5) is 12.6. The number of likely N-dealkylation sites (tertiary alicyclic amines) is 1. The summed E-state index contributed by atoms with van der Waals surface area (Å²) in [5, 5.41) is 30.6. The van der Waals surface area contributed by atoms with Gasteiger partial charge in [0.1, 0.15) is 11.8 Å². The molecule has 1 heterocycles. The predicted molar refractivity (Wildman–Crippen MR) is 165 cm³/mol. The quantitative estimate of drug-likeness (QED) is 0.326. The van der Waals surface area contributed by atoms with Gasteiger partial charge in [-0.05, 0) is 94.2 Å². The smallest absolute Gasteiger partial charge is 0.317 e. The molecule has 2 aromatic rings. The molecule has 2 aliphatic rings. The van der Waals surface area contributed by atoms with Gasteiger partial charge in [-0.25, -0.2) is 4.79 Å². The molecule has 0 aromatic heterocycles. The average Bonchev–Trinajstić information content (AvgIpc) is 3.46. The number of nitrogens with zero attached hydrogens (tertiary/aromatic N) is 4. The Morgan fingerprint density at radius 3 is 2.63 bits per heavy atom. The maximum absolute atomic E-state index is 11.0. The number of ether oxygens (including phenoxy) is 1. The fourth-order valence-electron chi connectivity index (χ4n) is 5.21. The minimum atomic E-state index is -0.332. The number of hydrogen-bond donors (Lipinski definition) is 2. The van der Waals surface area contributed by atoms with Crippen molar-refractivity contribution in [2.24, 2.45) is 16.1 Å². The standard InChI is InChI=1S/C26H31N3O.C7H14N2O2/c1-6-18(4)26(21-13-14-25(30-17(2)3)22(15-21)16-27)29-28-19(5)23-11-7-9-20-10-8-12-24(20)23;1-8-7(11)9-4-2-3-6(10)5-9/h7,9,11,13-15,17-18H,6,8,10,12H2,1-5H3;6,10H,2-5H2,1H3,(H,8,11)/b28-19+,29-26+;. The molecule has 8 nitrogen and oxygen atoms in total. The summed E-state index contributed by atoms with van der Waals surface area (Å²) in [5.41, 5.74) is 7.35. The van der Waals surface area contributed by atoms with Gasteiger partial charge in [0.2, 0.25) is 0 Å². The summed E-state index contributed by atoms with van der Waals surface area (Å²) in [6.07, 6.45) is 5.82. The van der Waals surface area contributed by atoms with Crippen LogP contribution in [-0.4, -0.2) is 59.8 Å². The van der Waals surface area contributed by atoms with Crippen LogP contribution in [0, 0.1) is 17.2 Å². The summed E-state index contributed by atoms with van der Waals surface area (Å²) < 4.78 is 5.77. The highest BCUT2D eigenvalue weighted by Gasteiger charge is 2.21. The van der Waals surface area contributed by atoms with Crippen LogP contribution in [0.4, 0.5) is 4.79 Å². The molecule has 2 aromatic carbocycles. The van der Waals surface area contributed by atoms with E-state index in [1.807, 2.05) is 39.0 Å². The largest absolute Gasteiger partial charge is 0.490 e. The van der Waals surface area contributed by atoms with Crippen molar-refractivity contribution in [3.63, 3.8) is 0 Å². The Hall–Kier alpha value is -3.70. The van der Waals surface area contributed by atoms with Crippen LogP contribution < -0.4 is 10.1 Å². The van der Waals surface area contributed by atoms with E-state index in [0.29, 0.717) is 17.9 Å². The Morgan fingerprint density at radius 2 is 1.98 bits per heavy atom. The topological polar surface area (TPSA) is 110 Å². The highest BCUT2D eigenvalue weighted by Crippen LogP contribution is 2.27. The van der Waals surface area contributed by atoms with E-state index in [2.05, 4.69) is 53.6 Å². The first-order valence-electron chi connectivity index (χ1n) is 14.8. The van der Waals surface area contributed by atoms with Crippen molar-refractivity contribution < 1.29 is 14.6 Å². The van der Waals surface area contributed by atoms with Crippen molar-refractivity contribution in [1.29, 1.82) is 5.26 Å². The maximum Gasteiger partial charge on any atom is 0.317 e. The number of nitriles is 1. The minimum absolute atomic E-state index is 0.0190. The fourth-order valence-corrected chi connectivity index (χ4v) is 5.21. The van der Waals surface area contributed by atoms with Gasteiger partial charge in [-0.2, -0.15) is 15.5 Å². The van der Waals surface area contributed by atoms with Crippen molar-refractivity contribution >= 4 is 17.5 Å². The van der Waals surface area contributed by atoms with E-state index < -0.39 is 0 Å². The van der Waals surface area contributed by atoms with E-state index in [9.17, 15) is 15.2 Å². The second kappa shape index (κ2) is 15.3. The van der Waals surface area contributed by atoms with Gasteiger partial charge in [-0.15, -0.1) is 0 Å². The van der Waals surface area contributed by atoms with Gasteiger partial charge < -0.3 is 20.1 Å². The molecule has 0 radical (unpaired) electrons. The molecule has 2 amide bonds. The van der Waals surface area contributed by atoms with Crippen LogP contribution in [0.2, 0.25) is 0 Å². The number of nitrogens with one attached hydrogen (secondary N) is 1. The van der Waals surface area contributed by atoms with Gasteiger partial charge in [-0.1, -0.05) is 32.0 Å². The van der Waals surface area contributed by atoms with Gasteiger partial charge in [0.05, 0.1) is 29.2 Å². The number of hydrogen-bond acceptors (Lipinski definition) is 6. The number of amides is 2. The highest BCUT2D eigenvalue weighted by molar-refractivity contribution is 6.04. The molecule has 0 spiro atoms. The Kier molecular flexibility index (Phi) is 11.9. The monoisotopic (exact) mass is 559 g/mol. The van der Waals surface area contributed by atoms with Crippen LogP contribution in [0.25, 0.3) is 0 Å². The second-order valence-corrected chi connectivity index (χ2v) is 11.1. The molecule has 2 unspecified atom stereocenters. The third kappa shape index (κ3) is 8.64. The number of β-amino-alcohol motifs (C(OH)–C–C–N with tert-alkyl or cyclic N) is 1. The summed E-state index contributed by atoms with van der Waals surface area (Å²) >= 11 is 0. The third-order valence-electron chi connectivity index (χ3n) is 7.58. The lowest BCUT2D eigenvalue weighted by Crippen LogP contribution is -2.46. The number of aryl methyl sites for hydroxylation is 1. The van der Waals surface area contributed by atoms with Crippen LogP contribution in [0.5, 0.6) is 5.75 Å².